The van der Waals surface area contributed by atoms with Gasteiger partial charge < -0.3 is 25.2 Å². The summed E-state index contributed by atoms with van der Waals surface area (Å²) < 4.78 is 6.00. The van der Waals surface area contributed by atoms with E-state index in [9.17, 15) is 25.2 Å². The Morgan fingerprint density at radius 2 is 1.87 bits per heavy atom. The van der Waals surface area contributed by atoms with Crippen LogP contribution in [0, 0.1) is 29.6 Å². The van der Waals surface area contributed by atoms with Crippen molar-refractivity contribution in [2.45, 2.75) is 58.7 Å². The molecule has 0 radical (unpaired) electrons. The van der Waals surface area contributed by atoms with Crippen LogP contribution < -0.4 is 0 Å². The molecule has 2 unspecified atom stereocenters. The van der Waals surface area contributed by atoms with Gasteiger partial charge in [0.05, 0.1) is 11.1 Å². The van der Waals surface area contributed by atoms with Gasteiger partial charge in [-0.2, -0.15) is 0 Å². The van der Waals surface area contributed by atoms with Crippen LogP contribution in [0.25, 0.3) is 0 Å². The zero-order valence-electron chi connectivity index (χ0n) is 17.7. The molecule has 3 aliphatic rings. The molecular weight excluding hydrogens is 452 g/mol. The summed E-state index contributed by atoms with van der Waals surface area (Å²) >= 11 is 3.21. The van der Waals surface area contributed by atoms with Gasteiger partial charge in [0.1, 0.15) is 28.8 Å². The lowest BCUT2D eigenvalue weighted by molar-refractivity contribution is -0.250. The molecule has 0 saturated heterocycles. The lowest BCUT2D eigenvalue weighted by Crippen LogP contribution is -2.73. The van der Waals surface area contributed by atoms with E-state index in [0.717, 1.165) is 18.9 Å². The van der Waals surface area contributed by atoms with Crippen LogP contribution in [0.1, 0.15) is 56.0 Å². The van der Waals surface area contributed by atoms with E-state index < -0.39 is 23.1 Å². The Morgan fingerprint density at radius 3 is 2.50 bits per heavy atom. The van der Waals surface area contributed by atoms with Crippen LogP contribution in [0.2, 0.25) is 0 Å². The Balaban J connectivity index is 1.66. The van der Waals surface area contributed by atoms with Crippen molar-refractivity contribution >= 4 is 21.9 Å². The van der Waals surface area contributed by atoms with Crippen molar-refractivity contribution in [2.24, 2.45) is 22.7 Å². The molecule has 2 fully saturated rings. The smallest absolute Gasteiger partial charge is 0.342 e. The monoisotopic (exact) mass is 480 g/mol. The summed E-state index contributed by atoms with van der Waals surface area (Å²) in [5, 5.41) is 41.8. The van der Waals surface area contributed by atoms with Crippen LogP contribution >= 0.6 is 15.9 Å². The van der Waals surface area contributed by atoms with Crippen molar-refractivity contribution in [3.63, 3.8) is 0 Å². The van der Waals surface area contributed by atoms with Gasteiger partial charge in [-0.25, -0.2) is 4.79 Å². The molecule has 0 spiro atoms. The van der Waals surface area contributed by atoms with Gasteiger partial charge in [-0.1, -0.05) is 26.8 Å². The third-order valence-electron chi connectivity index (χ3n) is 7.83. The fourth-order valence-corrected chi connectivity index (χ4v) is 6.62. The first kappa shape index (κ1) is 21.7. The SMILES string of the molecule is Cc1c(Br)c(O)cc(O)c1C(=O)O[C@@H]1C[C@]2(C)C3CC(C)(C)CC3C=C(CO)[C@]12O. The predicted octanol–water partition coefficient (Wildman–Crippen LogP) is 3.82. The Morgan fingerprint density at radius 1 is 1.20 bits per heavy atom. The van der Waals surface area contributed by atoms with Crippen molar-refractivity contribution in [2.75, 3.05) is 6.61 Å². The summed E-state index contributed by atoms with van der Waals surface area (Å²) in [7, 11) is 0. The maximum absolute atomic E-state index is 12.9. The number of esters is 1. The number of rotatable bonds is 3. The quantitative estimate of drug-likeness (QED) is 0.386. The zero-order chi connectivity index (χ0) is 22.2. The number of allylic oxidation sites excluding steroid dienone is 1. The molecule has 1 aromatic carbocycles. The number of aromatic hydroxyl groups is 2. The normalized spacial score (nSPS) is 36.4. The highest BCUT2D eigenvalue weighted by Gasteiger charge is 2.72. The number of carbonyl (C=O) groups excluding carboxylic acids is 1. The molecule has 3 aliphatic carbocycles. The van der Waals surface area contributed by atoms with E-state index in [-0.39, 0.29) is 35.0 Å². The number of ether oxygens (including phenoxy) is 1. The van der Waals surface area contributed by atoms with E-state index in [0.29, 0.717) is 27.9 Å². The highest BCUT2D eigenvalue weighted by Crippen LogP contribution is 2.68. The molecule has 5 atom stereocenters. The topological polar surface area (TPSA) is 107 Å². The van der Waals surface area contributed by atoms with Gasteiger partial charge in [0.2, 0.25) is 0 Å². The van der Waals surface area contributed by atoms with Gasteiger partial charge in [-0.3, -0.25) is 0 Å². The van der Waals surface area contributed by atoms with Gasteiger partial charge >= 0.3 is 5.97 Å². The molecule has 164 valence electrons. The number of hydrogen-bond acceptors (Lipinski definition) is 6. The number of benzene rings is 1. The molecule has 0 aromatic heterocycles. The second-order valence-electron chi connectivity index (χ2n) is 10.2. The van der Waals surface area contributed by atoms with Gasteiger partial charge in [0, 0.05) is 11.5 Å². The summed E-state index contributed by atoms with van der Waals surface area (Å²) in [4.78, 5) is 12.9. The molecule has 30 heavy (non-hydrogen) atoms. The first-order valence-electron chi connectivity index (χ1n) is 10.3. The minimum absolute atomic E-state index is 0.0536. The third kappa shape index (κ3) is 2.78. The Labute approximate surface area is 184 Å². The molecule has 7 heteroatoms. The van der Waals surface area contributed by atoms with E-state index in [2.05, 4.69) is 29.8 Å². The second-order valence-corrected chi connectivity index (χ2v) is 11.0. The van der Waals surface area contributed by atoms with E-state index in [1.807, 2.05) is 13.0 Å². The Hall–Kier alpha value is -1.57. The number of phenolic OH excluding ortho intramolecular Hbond substituents is 2. The molecule has 0 amide bonds. The van der Waals surface area contributed by atoms with Crippen molar-refractivity contribution in [3.05, 3.63) is 33.3 Å². The number of fused-ring (bicyclic) bond motifs is 3. The number of carbonyl (C=O) groups is 1. The van der Waals surface area contributed by atoms with Crippen LogP contribution in [0.5, 0.6) is 11.5 Å². The Kier molecular flexibility index (Phi) is 4.84. The van der Waals surface area contributed by atoms with Crippen molar-refractivity contribution in [1.82, 2.24) is 0 Å². The highest BCUT2D eigenvalue weighted by molar-refractivity contribution is 9.10. The molecule has 0 heterocycles. The number of phenols is 2. The summed E-state index contributed by atoms with van der Waals surface area (Å²) in [6, 6.07) is 1.08. The van der Waals surface area contributed by atoms with Gasteiger partial charge in [-0.15, -0.1) is 0 Å². The van der Waals surface area contributed by atoms with Crippen molar-refractivity contribution in [1.29, 1.82) is 0 Å². The average molecular weight is 481 g/mol. The fourth-order valence-electron chi connectivity index (χ4n) is 6.31. The fraction of sp³-hybridized carbons (Fsp3) is 0.609. The Bertz CT molecular complexity index is 954. The molecular formula is C23H29BrO6. The van der Waals surface area contributed by atoms with Crippen molar-refractivity contribution < 1.29 is 30.0 Å². The number of halogens is 1. The largest absolute Gasteiger partial charge is 0.507 e. The van der Waals surface area contributed by atoms with Crippen LogP contribution in [0.4, 0.5) is 0 Å². The number of aliphatic hydroxyl groups excluding tert-OH is 1. The molecule has 2 saturated carbocycles. The maximum atomic E-state index is 12.9. The minimum Gasteiger partial charge on any atom is -0.507 e. The lowest BCUT2D eigenvalue weighted by Gasteiger charge is -2.65. The van der Waals surface area contributed by atoms with Crippen LogP contribution in [-0.2, 0) is 4.74 Å². The summed E-state index contributed by atoms with van der Waals surface area (Å²) in [6.07, 6.45) is 3.64. The standard InChI is InChI=1S/C23H29BrO6/c1-11-18(15(26)6-16(27)19(11)24)20(28)30-17-9-22(4)14-8-21(2,3)7-12(14)5-13(10-25)23(17,22)29/h5-6,12,14,17,25-27,29H,7-10H2,1-4H3/t12?,14?,17-,22-,23+/m1/s1. The van der Waals surface area contributed by atoms with Crippen LogP contribution in [0.15, 0.2) is 22.2 Å². The molecule has 6 nitrogen and oxygen atoms in total. The first-order valence-corrected chi connectivity index (χ1v) is 11.1. The number of hydrogen-bond donors (Lipinski definition) is 4. The van der Waals surface area contributed by atoms with Gasteiger partial charge in [0.25, 0.3) is 0 Å². The van der Waals surface area contributed by atoms with E-state index >= 15 is 0 Å². The third-order valence-corrected chi connectivity index (χ3v) is 8.83. The zero-order valence-corrected chi connectivity index (χ0v) is 19.3. The molecule has 0 bridgehead atoms. The first-order chi connectivity index (χ1) is 13.9. The molecule has 1 aromatic rings. The summed E-state index contributed by atoms with van der Waals surface area (Å²) in [6.45, 7) is 7.78. The van der Waals surface area contributed by atoms with Gasteiger partial charge in [-0.05, 0) is 70.5 Å². The predicted molar refractivity (Wildman–Crippen MR) is 114 cm³/mol. The summed E-state index contributed by atoms with van der Waals surface area (Å²) in [5.74, 6) is -0.781. The maximum Gasteiger partial charge on any atom is 0.342 e. The molecule has 4 rings (SSSR count). The minimum atomic E-state index is -1.43. The van der Waals surface area contributed by atoms with Gasteiger partial charge in [0.15, 0.2) is 0 Å². The van der Waals surface area contributed by atoms with Crippen LogP contribution in [0.3, 0.4) is 0 Å². The van der Waals surface area contributed by atoms with E-state index in [1.54, 1.807) is 6.92 Å². The van der Waals surface area contributed by atoms with Crippen LogP contribution in [-0.4, -0.2) is 44.7 Å². The highest BCUT2D eigenvalue weighted by atomic mass is 79.9. The lowest BCUT2D eigenvalue weighted by atomic mass is 9.44. The number of aliphatic hydroxyl groups is 2. The second kappa shape index (κ2) is 6.71. The average Bonchev–Trinajstić information content (AvgIpc) is 2.97. The molecule has 0 aliphatic heterocycles. The summed E-state index contributed by atoms with van der Waals surface area (Å²) in [5.41, 5.74) is -0.954. The molecule has 4 N–H and O–H groups in total. The van der Waals surface area contributed by atoms with E-state index in [4.69, 9.17) is 4.74 Å². The van der Waals surface area contributed by atoms with E-state index in [1.165, 1.54) is 0 Å². The van der Waals surface area contributed by atoms with Crippen molar-refractivity contribution in [3.8, 4) is 11.5 Å².